The van der Waals surface area contributed by atoms with Crippen LogP contribution in [0.1, 0.15) is 38.2 Å². The molecule has 2 atom stereocenters. The lowest BCUT2D eigenvalue weighted by Gasteiger charge is -2.35. The van der Waals surface area contributed by atoms with Gasteiger partial charge in [-0.25, -0.2) is 13.1 Å². The zero-order chi connectivity index (χ0) is 15.5. The largest absolute Gasteiger partial charge is 0.399 e. The van der Waals surface area contributed by atoms with Crippen molar-refractivity contribution < 1.29 is 13.5 Å². The molecule has 0 radical (unpaired) electrons. The van der Waals surface area contributed by atoms with Crippen LogP contribution in [0, 0.1) is 5.92 Å². The van der Waals surface area contributed by atoms with Crippen LogP contribution >= 0.6 is 0 Å². The average molecular weight is 312 g/mol. The van der Waals surface area contributed by atoms with Gasteiger partial charge in [0.2, 0.25) is 10.0 Å². The summed E-state index contributed by atoms with van der Waals surface area (Å²) in [6.45, 7) is 2.17. The minimum Gasteiger partial charge on any atom is -0.399 e. The summed E-state index contributed by atoms with van der Waals surface area (Å²) in [6.07, 6.45) is 3.33. The van der Waals surface area contributed by atoms with Crippen LogP contribution in [0.2, 0.25) is 0 Å². The van der Waals surface area contributed by atoms with E-state index in [0.717, 1.165) is 12.8 Å². The van der Waals surface area contributed by atoms with Crippen LogP contribution in [0.4, 0.5) is 5.69 Å². The Kier molecular flexibility index (Phi) is 4.91. The molecule has 0 aromatic heterocycles. The molecule has 6 heteroatoms. The Labute approximate surface area is 126 Å². The molecule has 2 rings (SSSR count). The molecular formula is C15H24N2O3S. The average Bonchev–Trinajstić information content (AvgIpc) is 2.36. The SMILES string of the molecule is CC1CCCC(O)(CNS(=O)(=O)Cc2cccc(N)c2)C1. The third-order valence-corrected chi connectivity index (χ3v) is 5.29. The Bertz CT molecular complexity index is 588. The molecule has 1 fully saturated rings. The molecule has 0 bridgehead atoms. The van der Waals surface area contributed by atoms with Crippen molar-refractivity contribution in [3.8, 4) is 0 Å². The van der Waals surface area contributed by atoms with Crippen molar-refractivity contribution in [3.05, 3.63) is 29.8 Å². The molecule has 118 valence electrons. The van der Waals surface area contributed by atoms with Crippen molar-refractivity contribution in [2.45, 2.75) is 44.0 Å². The number of hydrogen-bond donors (Lipinski definition) is 3. The van der Waals surface area contributed by atoms with E-state index in [1.165, 1.54) is 0 Å². The van der Waals surface area contributed by atoms with E-state index in [9.17, 15) is 13.5 Å². The number of nitrogens with one attached hydrogen (secondary N) is 1. The van der Waals surface area contributed by atoms with E-state index in [4.69, 9.17) is 5.73 Å². The number of rotatable bonds is 5. The van der Waals surface area contributed by atoms with Gasteiger partial charge in [-0.2, -0.15) is 0 Å². The molecule has 0 saturated heterocycles. The first-order chi connectivity index (χ1) is 9.78. The number of nitrogens with two attached hydrogens (primary N) is 1. The molecule has 1 aliphatic rings. The maximum Gasteiger partial charge on any atom is 0.215 e. The van der Waals surface area contributed by atoms with Crippen molar-refractivity contribution in [1.82, 2.24) is 4.72 Å². The highest BCUT2D eigenvalue weighted by Crippen LogP contribution is 2.31. The van der Waals surface area contributed by atoms with E-state index in [1.807, 2.05) is 0 Å². The van der Waals surface area contributed by atoms with E-state index in [0.29, 0.717) is 30.0 Å². The summed E-state index contributed by atoms with van der Waals surface area (Å²) in [5.41, 5.74) is 5.92. The third-order valence-electron chi connectivity index (χ3n) is 4.00. The summed E-state index contributed by atoms with van der Waals surface area (Å²) in [5.74, 6) is 0.311. The van der Waals surface area contributed by atoms with E-state index >= 15 is 0 Å². The highest BCUT2D eigenvalue weighted by atomic mass is 32.2. The molecule has 4 N–H and O–H groups in total. The van der Waals surface area contributed by atoms with E-state index in [1.54, 1.807) is 24.3 Å². The van der Waals surface area contributed by atoms with Gasteiger partial charge >= 0.3 is 0 Å². The number of aliphatic hydroxyl groups is 1. The van der Waals surface area contributed by atoms with Crippen molar-refractivity contribution in [3.63, 3.8) is 0 Å². The van der Waals surface area contributed by atoms with Gasteiger partial charge in [0, 0.05) is 12.2 Å². The monoisotopic (exact) mass is 312 g/mol. The van der Waals surface area contributed by atoms with Crippen LogP contribution < -0.4 is 10.5 Å². The second-order valence-corrected chi connectivity index (χ2v) is 8.06. The molecular weight excluding hydrogens is 288 g/mol. The molecule has 1 aliphatic carbocycles. The first-order valence-corrected chi connectivity index (χ1v) is 8.97. The number of sulfonamides is 1. The number of hydrogen-bond acceptors (Lipinski definition) is 4. The lowest BCUT2D eigenvalue weighted by Crippen LogP contribution is -2.46. The molecule has 2 unspecified atom stereocenters. The van der Waals surface area contributed by atoms with Gasteiger partial charge in [-0.15, -0.1) is 0 Å². The first-order valence-electron chi connectivity index (χ1n) is 7.32. The summed E-state index contributed by atoms with van der Waals surface area (Å²) in [5, 5.41) is 10.5. The van der Waals surface area contributed by atoms with Crippen LogP contribution in [0.5, 0.6) is 0 Å². The van der Waals surface area contributed by atoms with Crippen LogP contribution in [-0.4, -0.2) is 25.7 Å². The third kappa shape index (κ3) is 4.98. The highest BCUT2D eigenvalue weighted by molar-refractivity contribution is 7.88. The standard InChI is InChI=1S/C15H24N2O3S/c1-12-4-3-7-15(18,9-12)11-17-21(19,20)10-13-5-2-6-14(16)8-13/h2,5-6,8,12,17-18H,3-4,7,9-11,16H2,1H3. The Hall–Kier alpha value is -1.11. The maximum absolute atomic E-state index is 12.1. The molecule has 1 saturated carbocycles. The fraction of sp³-hybridized carbons (Fsp3) is 0.600. The minimum atomic E-state index is -3.47. The lowest BCUT2D eigenvalue weighted by molar-refractivity contribution is -0.00752. The van der Waals surface area contributed by atoms with Gasteiger partial charge in [0.25, 0.3) is 0 Å². The number of anilines is 1. The lowest BCUT2D eigenvalue weighted by atomic mass is 9.79. The molecule has 1 aromatic carbocycles. The molecule has 0 aliphatic heterocycles. The van der Waals surface area contributed by atoms with Gasteiger partial charge in [-0.3, -0.25) is 0 Å². The van der Waals surface area contributed by atoms with Gasteiger partial charge in [0.15, 0.2) is 0 Å². The van der Waals surface area contributed by atoms with Crippen molar-refractivity contribution >= 4 is 15.7 Å². The van der Waals surface area contributed by atoms with Gasteiger partial charge in [-0.05, 0) is 36.5 Å². The predicted molar refractivity (Wildman–Crippen MR) is 84.1 cm³/mol. The molecule has 0 spiro atoms. The van der Waals surface area contributed by atoms with Crippen LogP contribution in [0.15, 0.2) is 24.3 Å². The number of benzene rings is 1. The van der Waals surface area contributed by atoms with Gasteiger partial charge in [0.05, 0.1) is 11.4 Å². The quantitative estimate of drug-likeness (QED) is 0.721. The summed E-state index contributed by atoms with van der Waals surface area (Å²) >= 11 is 0. The van der Waals surface area contributed by atoms with Crippen LogP contribution in [0.25, 0.3) is 0 Å². The smallest absolute Gasteiger partial charge is 0.215 e. The molecule has 5 nitrogen and oxygen atoms in total. The molecule has 1 aromatic rings. The molecule has 21 heavy (non-hydrogen) atoms. The van der Waals surface area contributed by atoms with Gasteiger partial charge in [-0.1, -0.05) is 31.9 Å². The van der Waals surface area contributed by atoms with Crippen LogP contribution in [0.3, 0.4) is 0 Å². The Morgan fingerprint density at radius 3 is 2.90 bits per heavy atom. The van der Waals surface area contributed by atoms with Crippen molar-refractivity contribution in [2.24, 2.45) is 5.92 Å². The second kappa shape index (κ2) is 6.34. The Morgan fingerprint density at radius 2 is 2.24 bits per heavy atom. The highest BCUT2D eigenvalue weighted by Gasteiger charge is 2.33. The maximum atomic E-state index is 12.1. The Morgan fingerprint density at radius 1 is 1.48 bits per heavy atom. The van der Waals surface area contributed by atoms with Gasteiger partial charge < -0.3 is 10.8 Å². The minimum absolute atomic E-state index is 0.0853. The topological polar surface area (TPSA) is 92.4 Å². The van der Waals surface area contributed by atoms with E-state index in [-0.39, 0.29) is 12.3 Å². The summed E-state index contributed by atoms with van der Waals surface area (Å²) < 4.78 is 26.8. The van der Waals surface area contributed by atoms with Crippen LogP contribution in [-0.2, 0) is 15.8 Å². The zero-order valence-corrected chi connectivity index (χ0v) is 13.2. The van der Waals surface area contributed by atoms with E-state index < -0.39 is 15.6 Å². The first kappa shape index (κ1) is 16.3. The summed E-state index contributed by atoms with van der Waals surface area (Å²) in [7, 11) is -3.47. The van der Waals surface area contributed by atoms with E-state index in [2.05, 4.69) is 11.6 Å². The summed E-state index contributed by atoms with van der Waals surface area (Å²) in [4.78, 5) is 0. The molecule has 0 amide bonds. The Balaban J connectivity index is 1.95. The second-order valence-electron chi connectivity index (χ2n) is 6.25. The van der Waals surface area contributed by atoms with Crippen molar-refractivity contribution in [1.29, 1.82) is 0 Å². The fourth-order valence-electron chi connectivity index (χ4n) is 2.99. The molecule has 0 heterocycles. The summed E-state index contributed by atoms with van der Waals surface area (Å²) in [6, 6.07) is 6.83. The fourth-order valence-corrected chi connectivity index (χ4v) is 4.20. The zero-order valence-electron chi connectivity index (χ0n) is 12.4. The predicted octanol–water partition coefficient (Wildman–Crippen LogP) is 1.63. The van der Waals surface area contributed by atoms with Gasteiger partial charge in [0.1, 0.15) is 0 Å². The van der Waals surface area contributed by atoms with Crippen molar-refractivity contribution in [2.75, 3.05) is 12.3 Å². The normalized spacial score (nSPS) is 26.7. The number of nitrogen functional groups attached to an aromatic ring is 1.